The minimum Gasteiger partial charge on any atom is -0.351 e. The molecule has 0 saturated carbocycles. The average molecular weight is 407 g/mol. The molecule has 1 saturated heterocycles. The van der Waals surface area contributed by atoms with Crippen LogP contribution in [-0.2, 0) is 16.1 Å². The number of anilines is 1. The molecule has 0 radical (unpaired) electrons. The topological polar surface area (TPSA) is 91.4 Å². The third kappa shape index (κ3) is 5.14. The maximum Gasteiger partial charge on any atom is 0.263 e. The van der Waals surface area contributed by atoms with Crippen molar-refractivity contribution in [3.63, 3.8) is 0 Å². The number of hydrogen-bond donors (Lipinski definition) is 2. The summed E-state index contributed by atoms with van der Waals surface area (Å²) in [5.74, 6) is -0.227. The lowest BCUT2D eigenvalue weighted by Crippen LogP contribution is -2.41. The lowest BCUT2D eigenvalue weighted by molar-refractivity contribution is -0.121. The standard InChI is InChI=1S/C18H22N4O3S2/c1-11-10-26-18(20-11)21-16(24)13-5-7-22(8-6-13)17(25)15-4-3-14(27-15)9-19-12(2)23/h3-4,10,13H,5-9H2,1-2H3,(H,19,23)(H,20,21,24). The van der Waals surface area contributed by atoms with Gasteiger partial charge in [-0.1, -0.05) is 0 Å². The van der Waals surface area contributed by atoms with Crippen molar-refractivity contribution >= 4 is 45.5 Å². The first-order chi connectivity index (χ1) is 12.9. The van der Waals surface area contributed by atoms with E-state index >= 15 is 0 Å². The molecule has 2 aromatic heterocycles. The number of aryl methyl sites for hydroxylation is 1. The smallest absolute Gasteiger partial charge is 0.263 e. The van der Waals surface area contributed by atoms with Crippen LogP contribution in [0.2, 0.25) is 0 Å². The maximum atomic E-state index is 12.7. The first kappa shape index (κ1) is 19.5. The fourth-order valence-corrected chi connectivity index (χ4v) is 4.53. The van der Waals surface area contributed by atoms with Gasteiger partial charge in [-0.2, -0.15) is 0 Å². The Morgan fingerprint density at radius 1 is 1.26 bits per heavy atom. The predicted octanol–water partition coefficient (Wildman–Crippen LogP) is 2.64. The van der Waals surface area contributed by atoms with Crippen molar-refractivity contribution in [3.8, 4) is 0 Å². The molecule has 0 atom stereocenters. The number of piperidine rings is 1. The van der Waals surface area contributed by atoms with E-state index in [0.717, 1.165) is 10.6 Å². The molecule has 9 heteroatoms. The molecule has 1 fully saturated rings. The summed E-state index contributed by atoms with van der Waals surface area (Å²) in [6.45, 7) is 4.92. The molecule has 7 nitrogen and oxygen atoms in total. The van der Waals surface area contributed by atoms with Gasteiger partial charge in [-0.3, -0.25) is 14.4 Å². The second kappa shape index (κ2) is 8.62. The Bertz CT molecular complexity index is 837. The lowest BCUT2D eigenvalue weighted by Gasteiger charge is -2.30. The van der Waals surface area contributed by atoms with Crippen LogP contribution in [0.5, 0.6) is 0 Å². The van der Waals surface area contributed by atoms with Gasteiger partial charge < -0.3 is 15.5 Å². The number of aromatic nitrogens is 1. The van der Waals surface area contributed by atoms with Gasteiger partial charge in [0.1, 0.15) is 0 Å². The largest absolute Gasteiger partial charge is 0.351 e. The molecular formula is C18H22N4O3S2. The molecule has 27 heavy (non-hydrogen) atoms. The van der Waals surface area contributed by atoms with Crippen molar-refractivity contribution in [1.29, 1.82) is 0 Å². The van der Waals surface area contributed by atoms with Crippen molar-refractivity contribution < 1.29 is 14.4 Å². The highest BCUT2D eigenvalue weighted by Crippen LogP contribution is 2.24. The van der Waals surface area contributed by atoms with Crippen molar-refractivity contribution in [3.05, 3.63) is 33.0 Å². The van der Waals surface area contributed by atoms with Gasteiger partial charge >= 0.3 is 0 Å². The highest BCUT2D eigenvalue weighted by molar-refractivity contribution is 7.14. The Morgan fingerprint density at radius 2 is 2.00 bits per heavy atom. The quantitative estimate of drug-likeness (QED) is 0.799. The zero-order valence-corrected chi connectivity index (χ0v) is 16.9. The number of thiazole rings is 1. The molecule has 0 aromatic carbocycles. The number of amides is 3. The number of nitrogens with one attached hydrogen (secondary N) is 2. The average Bonchev–Trinajstić information content (AvgIpc) is 3.28. The van der Waals surface area contributed by atoms with Crippen molar-refractivity contribution in [2.24, 2.45) is 5.92 Å². The van der Waals surface area contributed by atoms with Crippen LogP contribution in [0, 0.1) is 12.8 Å². The fraction of sp³-hybridized carbons (Fsp3) is 0.444. The molecule has 0 spiro atoms. The number of likely N-dealkylation sites (tertiary alicyclic amines) is 1. The van der Waals surface area contributed by atoms with Gasteiger partial charge in [-0.25, -0.2) is 4.98 Å². The zero-order valence-electron chi connectivity index (χ0n) is 15.3. The van der Waals surface area contributed by atoms with Crippen molar-refractivity contribution in [2.45, 2.75) is 33.2 Å². The van der Waals surface area contributed by atoms with Gasteiger partial charge in [-0.05, 0) is 31.9 Å². The number of hydrogen-bond acceptors (Lipinski definition) is 6. The molecule has 3 heterocycles. The van der Waals surface area contributed by atoms with E-state index in [0.29, 0.717) is 42.5 Å². The zero-order chi connectivity index (χ0) is 19.4. The van der Waals surface area contributed by atoms with Crippen LogP contribution >= 0.6 is 22.7 Å². The van der Waals surface area contributed by atoms with Gasteiger partial charge in [-0.15, -0.1) is 22.7 Å². The van der Waals surface area contributed by atoms with Crippen molar-refractivity contribution in [1.82, 2.24) is 15.2 Å². The molecule has 3 rings (SSSR count). The summed E-state index contributed by atoms with van der Waals surface area (Å²) in [7, 11) is 0. The maximum absolute atomic E-state index is 12.7. The number of rotatable bonds is 5. The molecule has 3 amide bonds. The SMILES string of the molecule is CC(=O)NCc1ccc(C(=O)N2CCC(C(=O)Nc3nc(C)cs3)CC2)s1. The van der Waals surface area contributed by atoms with Gasteiger partial charge in [0, 0.05) is 36.2 Å². The summed E-state index contributed by atoms with van der Waals surface area (Å²) in [6.07, 6.45) is 1.29. The Kier molecular flexibility index (Phi) is 6.22. The molecular weight excluding hydrogens is 384 g/mol. The third-order valence-electron chi connectivity index (χ3n) is 4.39. The summed E-state index contributed by atoms with van der Waals surface area (Å²) >= 11 is 2.82. The first-order valence-electron chi connectivity index (χ1n) is 8.78. The number of thiophene rings is 1. The summed E-state index contributed by atoms with van der Waals surface area (Å²) in [5, 5.41) is 8.13. The highest BCUT2D eigenvalue weighted by atomic mass is 32.1. The van der Waals surface area contributed by atoms with E-state index in [2.05, 4.69) is 15.6 Å². The summed E-state index contributed by atoms with van der Waals surface area (Å²) < 4.78 is 0. The van der Waals surface area contributed by atoms with Crippen LogP contribution in [0.1, 0.15) is 40.0 Å². The Balaban J connectivity index is 1.50. The fourth-order valence-electron chi connectivity index (χ4n) is 2.92. The minimum absolute atomic E-state index is 0.0107. The highest BCUT2D eigenvalue weighted by Gasteiger charge is 2.28. The Labute approximate surface area is 165 Å². The second-order valence-corrected chi connectivity index (χ2v) is 8.55. The van der Waals surface area contributed by atoms with E-state index in [1.54, 1.807) is 11.0 Å². The monoisotopic (exact) mass is 406 g/mol. The van der Waals surface area contributed by atoms with Gasteiger partial charge in [0.05, 0.1) is 17.1 Å². The van der Waals surface area contributed by atoms with Gasteiger partial charge in [0.2, 0.25) is 11.8 Å². The third-order valence-corrected chi connectivity index (χ3v) is 6.33. The van der Waals surface area contributed by atoms with Crippen LogP contribution in [0.25, 0.3) is 0 Å². The number of carbonyl (C=O) groups is 3. The van der Waals surface area contributed by atoms with E-state index in [-0.39, 0.29) is 23.6 Å². The Hall–Kier alpha value is -2.26. The van der Waals surface area contributed by atoms with Gasteiger partial charge in [0.15, 0.2) is 5.13 Å². The minimum atomic E-state index is -0.100. The molecule has 2 N–H and O–H groups in total. The molecule has 0 bridgehead atoms. The molecule has 144 valence electrons. The van der Waals surface area contributed by atoms with Crippen LogP contribution in [-0.4, -0.2) is 40.7 Å². The second-order valence-electron chi connectivity index (χ2n) is 6.53. The number of carbonyl (C=O) groups excluding carboxylic acids is 3. The van der Waals surface area contributed by atoms with E-state index in [1.165, 1.54) is 29.6 Å². The van der Waals surface area contributed by atoms with Crippen LogP contribution in [0.3, 0.4) is 0 Å². The first-order valence-corrected chi connectivity index (χ1v) is 10.5. The Morgan fingerprint density at radius 3 is 2.63 bits per heavy atom. The predicted molar refractivity (Wildman–Crippen MR) is 106 cm³/mol. The number of nitrogens with zero attached hydrogens (tertiary/aromatic N) is 2. The summed E-state index contributed by atoms with van der Waals surface area (Å²) in [4.78, 5) is 43.7. The summed E-state index contributed by atoms with van der Waals surface area (Å²) in [6, 6.07) is 3.66. The van der Waals surface area contributed by atoms with E-state index < -0.39 is 0 Å². The molecule has 0 unspecified atom stereocenters. The van der Waals surface area contributed by atoms with E-state index in [9.17, 15) is 14.4 Å². The molecule has 0 aliphatic carbocycles. The van der Waals surface area contributed by atoms with E-state index in [4.69, 9.17) is 0 Å². The lowest BCUT2D eigenvalue weighted by atomic mass is 9.96. The normalized spacial score (nSPS) is 14.8. The molecule has 2 aromatic rings. The van der Waals surface area contributed by atoms with Crippen LogP contribution in [0.4, 0.5) is 5.13 Å². The van der Waals surface area contributed by atoms with E-state index in [1.807, 2.05) is 18.4 Å². The van der Waals surface area contributed by atoms with Crippen molar-refractivity contribution in [2.75, 3.05) is 18.4 Å². The van der Waals surface area contributed by atoms with Crippen LogP contribution < -0.4 is 10.6 Å². The molecule has 1 aliphatic rings. The molecule has 1 aliphatic heterocycles. The summed E-state index contributed by atoms with van der Waals surface area (Å²) in [5.41, 5.74) is 0.893. The van der Waals surface area contributed by atoms with Gasteiger partial charge in [0.25, 0.3) is 5.91 Å². The van der Waals surface area contributed by atoms with Crippen LogP contribution in [0.15, 0.2) is 17.5 Å².